The van der Waals surface area contributed by atoms with E-state index < -0.39 is 0 Å². The lowest BCUT2D eigenvalue weighted by Crippen LogP contribution is -2.50. The highest BCUT2D eigenvalue weighted by Gasteiger charge is 2.25. The summed E-state index contributed by atoms with van der Waals surface area (Å²) in [6.07, 6.45) is 3.37. The number of nitrogens with one attached hydrogen (secondary N) is 1. The SMILES string of the molecule is CC(C)CN(CCN(C)C)C(=O)C1CCCCN1. The van der Waals surface area contributed by atoms with Crippen molar-refractivity contribution >= 4 is 5.91 Å². The minimum absolute atomic E-state index is 0.0552. The normalized spacial score (nSPS) is 20.4. The summed E-state index contributed by atoms with van der Waals surface area (Å²) >= 11 is 0. The third-order valence-electron chi connectivity index (χ3n) is 3.32. The van der Waals surface area contributed by atoms with Gasteiger partial charge in [-0.1, -0.05) is 20.3 Å². The zero-order valence-electron chi connectivity index (χ0n) is 12.4. The lowest BCUT2D eigenvalue weighted by Gasteiger charge is -2.32. The van der Waals surface area contributed by atoms with Crippen molar-refractivity contribution < 1.29 is 4.79 Å². The van der Waals surface area contributed by atoms with Crippen LogP contribution in [0.25, 0.3) is 0 Å². The molecule has 1 saturated heterocycles. The number of piperidine rings is 1. The Balaban J connectivity index is 2.53. The third kappa shape index (κ3) is 5.36. The smallest absolute Gasteiger partial charge is 0.239 e. The average Bonchev–Trinajstić information content (AvgIpc) is 2.34. The largest absolute Gasteiger partial charge is 0.340 e. The molecule has 1 N–H and O–H groups in total. The Labute approximate surface area is 112 Å². The predicted molar refractivity (Wildman–Crippen MR) is 75.6 cm³/mol. The van der Waals surface area contributed by atoms with Crippen LogP contribution in [0, 0.1) is 5.92 Å². The second-order valence-electron chi connectivity index (χ2n) is 5.98. The lowest BCUT2D eigenvalue weighted by atomic mass is 10.0. The Hall–Kier alpha value is -0.610. The monoisotopic (exact) mass is 255 g/mol. The molecule has 1 aliphatic heterocycles. The van der Waals surface area contributed by atoms with Crippen LogP contribution in [0.4, 0.5) is 0 Å². The van der Waals surface area contributed by atoms with Gasteiger partial charge in [0, 0.05) is 19.6 Å². The summed E-state index contributed by atoms with van der Waals surface area (Å²) in [5.74, 6) is 0.824. The molecule has 106 valence electrons. The molecular formula is C14H29N3O. The van der Waals surface area contributed by atoms with Gasteiger partial charge in [-0.15, -0.1) is 0 Å². The lowest BCUT2D eigenvalue weighted by molar-refractivity contribution is -0.134. The van der Waals surface area contributed by atoms with Gasteiger partial charge in [0.2, 0.25) is 5.91 Å². The fourth-order valence-corrected chi connectivity index (χ4v) is 2.34. The van der Waals surface area contributed by atoms with Crippen molar-refractivity contribution in [2.75, 3.05) is 40.3 Å². The van der Waals surface area contributed by atoms with Crippen LogP contribution >= 0.6 is 0 Å². The molecule has 1 heterocycles. The van der Waals surface area contributed by atoms with Crippen LogP contribution in [0.3, 0.4) is 0 Å². The first kappa shape index (κ1) is 15.4. The maximum atomic E-state index is 12.5. The molecule has 1 unspecified atom stereocenters. The van der Waals surface area contributed by atoms with E-state index in [1.54, 1.807) is 0 Å². The molecule has 0 aromatic rings. The van der Waals surface area contributed by atoms with Crippen LogP contribution in [0.2, 0.25) is 0 Å². The first-order valence-corrected chi connectivity index (χ1v) is 7.17. The Kier molecular flexibility index (Phi) is 6.65. The van der Waals surface area contributed by atoms with Gasteiger partial charge in [-0.2, -0.15) is 0 Å². The van der Waals surface area contributed by atoms with Crippen LogP contribution in [-0.2, 0) is 4.79 Å². The maximum Gasteiger partial charge on any atom is 0.239 e. The molecule has 0 bridgehead atoms. The minimum atomic E-state index is 0.0552. The van der Waals surface area contributed by atoms with Crippen molar-refractivity contribution in [2.24, 2.45) is 5.92 Å². The number of carbonyl (C=O) groups excluding carboxylic acids is 1. The van der Waals surface area contributed by atoms with E-state index in [2.05, 4.69) is 38.2 Å². The maximum absolute atomic E-state index is 12.5. The second kappa shape index (κ2) is 7.74. The van der Waals surface area contributed by atoms with E-state index in [-0.39, 0.29) is 6.04 Å². The van der Waals surface area contributed by atoms with Crippen LogP contribution in [0.15, 0.2) is 0 Å². The van der Waals surface area contributed by atoms with Crippen molar-refractivity contribution in [1.82, 2.24) is 15.1 Å². The van der Waals surface area contributed by atoms with Gasteiger partial charge in [-0.3, -0.25) is 4.79 Å². The van der Waals surface area contributed by atoms with Crippen molar-refractivity contribution in [3.63, 3.8) is 0 Å². The van der Waals surface area contributed by atoms with Crippen LogP contribution in [-0.4, -0.2) is 62.0 Å². The van der Waals surface area contributed by atoms with Crippen molar-refractivity contribution in [3.05, 3.63) is 0 Å². The molecule has 0 aromatic heterocycles. The number of nitrogens with zero attached hydrogens (tertiary/aromatic N) is 2. The summed E-state index contributed by atoms with van der Waals surface area (Å²) in [5.41, 5.74) is 0. The summed E-state index contributed by atoms with van der Waals surface area (Å²) in [7, 11) is 4.10. The molecule has 1 fully saturated rings. The number of amides is 1. The number of carbonyl (C=O) groups is 1. The Morgan fingerprint density at radius 3 is 2.50 bits per heavy atom. The molecular weight excluding hydrogens is 226 g/mol. The molecule has 1 amide bonds. The summed E-state index contributed by atoms with van der Waals surface area (Å²) in [5, 5.41) is 3.36. The Morgan fingerprint density at radius 1 is 1.28 bits per heavy atom. The predicted octanol–water partition coefficient (Wildman–Crippen LogP) is 1.17. The van der Waals surface area contributed by atoms with Gasteiger partial charge in [0.15, 0.2) is 0 Å². The van der Waals surface area contributed by atoms with Crippen molar-refractivity contribution in [2.45, 2.75) is 39.2 Å². The van der Waals surface area contributed by atoms with Gasteiger partial charge >= 0.3 is 0 Å². The average molecular weight is 255 g/mol. The minimum Gasteiger partial charge on any atom is -0.340 e. The van der Waals surface area contributed by atoms with E-state index in [9.17, 15) is 4.79 Å². The molecule has 1 atom stereocenters. The van der Waals surface area contributed by atoms with Gasteiger partial charge < -0.3 is 15.1 Å². The molecule has 1 rings (SSSR count). The number of likely N-dealkylation sites (N-methyl/N-ethyl adjacent to an activating group) is 1. The summed E-state index contributed by atoms with van der Waals surface area (Å²) < 4.78 is 0. The standard InChI is InChI=1S/C14H29N3O/c1-12(2)11-17(10-9-16(3)4)14(18)13-7-5-6-8-15-13/h12-13,15H,5-11H2,1-4H3. The zero-order valence-corrected chi connectivity index (χ0v) is 12.4. The van der Waals surface area contributed by atoms with Crippen LogP contribution in [0.5, 0.6) is 0 Å². The number of rotatable bonds is 6. The molecule has 0 aliphatic carbocycles. The Bertz CT molecular complexity index is 247. The topological polar surface area (TPSA) is 35.6 Å². The first-order chi connectivity index (χ1) is 8.50. The van der Waals surface area contributed by atoms with Gasteiger partial charge in [-0.25, -0.2) is 0 Å². The fraction of sp³-hybridized carbons (Fsp3) is 0.929. The third-order valence-corrected chi connectivity index (χ3v) is 3.32. The molecule has 4 heteroatoms. The van der Waals surface area contributed by atoms with Crippen molar-refractivity contribution in [1.29, 1.82) is 0 Å². The first-order valence-electron chi connectivity index (χ1n) is 7.17. The fourth-order valence-electron chi connectivity index (χ4n) is 2.34. The quantitative estimate of drug-likeness (QED) is 0.774. The highest BCUT2D eigenvalue weighted by molar-refractivity contribution is 5.82. The summed E-state index contributed by atoms with van der Waals surface area (Å²) in [6.45, 7) is 7.96. The summed E-state index contributed by atoms with van der Waals surface area (Å²) in [4.78, 5) is 16.7. The molecule has 18 heavy (non-hydrogen) atoms. The zero-order chi connectivity index (χ0) is 13.5. The van der Waals surface area contributed by atoms with Crippen LogP contribution < -0.4 is 5.32 Å². The summed E-state index contributed by atoms with van der Waals surface area (Å²) in [6, 6.07) is 0.0552. The van der Waals surface area contributed by atoms with Crippen molar-refractivity contribution in [3.8, 4) is 0 Å². The number of hydrogen-bond donors (Lipinski definition) is 1. The van der Waals surface area contributed by atoms with E-state index in [0.29, 0.717) is 11.8 Å². The number of hydrogen-bond acceptors (Lipinski definition) is 3. The van der Waals surface area contributed by atoms with Gasteiger partial charge in [0.1, 0.15) is 0 Å². The molecule has 0 radical (unpaired) electrons. The second-order valence-corrected chi connectivity index (χ2v) is 5.98. The van der Waals surface area contributed by atoms with Gasteiger partial charge in [-0.05, 0) is 39.4 Å². The highest BCUT2D eigenvalue weighted by Crippen LogP contribution is 2.11. The van der Waals surface area contributed by atoms with E-state index in [0.717, 1.165) is 32.6 Å². The van der Waals surface area contributed by atoms with E-state index in [4.69, 9.17) is 0 Å². The van der Waals surface area contributed by atoms with E-state index in [1.165, 1.54) is 12.8 Å². The van der Waals surface area contributed by atoms with Crippen LogP contribution in [0.1, 0.15) is 33.1 Å². The molecule has 4 nitrogen and oxygen atoms in total. The molecule has 0 aromatic carbocycles. The molecule has 0 spiro atoms. The Morgan fingerprint density at radius 2 is 2.00 bits per heavy atom. The van der Waals surface area contributed by atoms with E-state index in [1.807, 2.05) is 4.90 Å². The highest BCUT2D eigenvalue weighted by atomic mass is 16.2. The molecule has 1 aliphatic rings. The van der Waals surface area contributed by atoms with Gasteiger partial charge in [0.25, 0.3) is 0 Å². The van der Waals surface area contributed by atoms with E-state index >= 15 is 0 Å². The van der Waals surface area contributed by atoms with Gasteiger partial charge in [0.05, 0.1) is 6.04 Å². The molecule has 0 saturated carbocycles.